The molecule has 1 aromatic heterocycles. The van der Waals surface area contributed by atoms with E-state index in [2.05, 4.69) is 14.9 Å². The quantitative estimate of drug-likeness (QED) is 0.866. The average molecular weight is 287 g/mol. The second kappa shape index (κ2) is 6.52. The summed E-state index contributed by atoms with van der Waals surface area (Å²) < 4.78 is 18.6. The molecule has 0 radical (unpaired) electrons. The van der Waals surface area contributed by atoms with Gasteiger partial charge in [0.2, 0.25) is 0 Å². The Morgan fingerprint density at radius 2 is 2.10 bits per heavy atom. The summed E-state index contributed by atoms with van der Waals surface area (Å²) in [5.41, 5.74) is 0. The fraction of sp³-hybridized carbons (Fsp3) is 0.375. The van der Waals surface area contributed by atoms with E-state index in [9.17, 15) is 4.39 Å². The SMILES string of the molecule is Fc1ccc(OC[C@H]2CCCN(c3ccncn3)C2)cc1. The molecule has 0 saturated carbocycles. The number of hydrogen-bond acceptors (Lipinski definition) is 4. The van der Waals surface area contributed by atoms with Gasteiger partial charge in [-0.15, -0.1) is 0 Å². The number of ether oxygens (including phenoxy) is 1. The minimum atomic E-state index is -0.241. The van der Waals surface area contributed by atoms with Gasteiger partial charge in [0.1, 0.15) is 23.7 Å². The Balaban J connectivity index is 1.55. The normalized spacial score (nSPS) is 18.5. The van der Waals surface area contributed by atoms with Gasteiger partial charge in [-0.2, -0.15) is 0 Å². The maximum Gasteiger partial charge on any atom is 0.131 e. The van der Waals surface area contributed by atoms with Gasteiger partial charge in [0.15, 0.2) is 0 Å². The van der Waals surface area contributed by atoms with Crippen LogP contribution in [0.4, 0.5) is 10.2 Å². The number of anilines is 1. The third-order valence-corrected chi connectivity index (χ3v) is 3.71. The average Bonchev–Trinajstić information content (AvgIpc) is 2.55. The Kier molecular flexibility index (Phi) is 4.28. The smallest absolute Gasteiger partial charge is 0.131 e. The molecule has 1 saturated heterocycles. The zero-order chi connectivity index (χ0) is 14.5. The van der Waals surface area contributed by atoms with Gasteiger partial charge >= 0.3 is 0 Å². The summed E-state index contributed by atoms with van der Waals surface area (Å²) in [7, 11) is 0. The topological polar surface area (TPSA) is 38.2 Å². The molecule has 5 heteroatoms. The first-order valence-corrected chi connectivity index (χ1v) is 7.20. The molecule has 110 valence electrons. The van der Waals surface area contributed by atoms with Crippen molar-refractivity contribution in [1.29, 1.82) is 0 Å². The van der Waals surface area contributed by atoms with Gasteiger partial charge in [-0.1, -0.05) is 0 Å². The number of hydrogen-bond donors (Lipinski definition) is 0. The van der Waals surface area contributed by atoms with Gasteiger partial charge in [0.25, 0.3) is 0 Å². The molecule has 1 atom stereocenters. The number of benzene rings is 1. The highest BCUT2D eigenvalue weighted by molar-refractivity contribution is 5.37. The molecule has 0 N–H and O–H groups in total. The Morgan fingerprint density at radius 1 is 1.24 bits per heavy atom. The fourth-order valence-electron chi connectivity index (χ4n) is 2.62. The third-order valence-electron chi connectivity index (χ3n) is 3.71. The van der Waals surface area contributed by atoms with Crippen molar-refractivity contribution < 1.29 is 9.13 Å². The van der Waals surface area contributed by atoms with Crippen LogP contribution in [0.15, 0.2) is 42.9 Å². The van der Waals surface area contributed by atoms with E-state index in [4.69, 9.17) is 4.74 Å². The molecule has 4 nitrogen and oxygen atoms in total. The van der Waals surface area contributed by atoms with E-state index in [1.54, 1.807) is 24.7 Å². The molecular weight excluding hydrogens is 269 g/mol. The number of nitrogens with zero attached hydrogens (tertiary/aromatic N) is 3. The largest absolute Gasteiger partial charge is 0.493 e. The molecule has 1 aliphatic heterocycles. The number of piperidine rings is 1. The summed E-state index contributed by atoms with van der Waals surface area (Å²) >= 11 is 0. The van der Waals surface area contributed by atoms with Crippen molar-refractivity contribution in [3.8, 4) is 5.75 Å². The van der Waals surface area contributed by atoms with E-state index in [1.165, 1.54) is 12.1 Å². The number of halogens is 1. The fourth-order valence-corrected chi connectivity index (χ4v) is 2.62. The molecule has 0 amide bonds. The van der Waals surface area contributed by atoms with Crippen LogP contribution in [0.25, 0.3) is 0 Å². The Hall–Kier alpha value is -2.17. The summed E-state index contributed by atoms with van der Waals surface area (Å²) in [5, 5.41) is 0. The maximum atomic E-state index is 12.8. The van der Waals surface area contributed by atoms with Crippen LogP contribution in [0.1, 0.15) is 12.8 Å². The van der Waals surface area contributed by atoms with Crippen molar-refractivity contribution in [2.24, 2.45) is 5.92 Å². The van der Waals surface area contributed by atoms with Gasteiger partial charge in [-0.05, 0) is 43.2 Å². The highest BCUT2D eigenvalue weighted by Gasteiger charge is 2.21. The number of rotatable bonds is 4. The molecule has 0 bridgehead atoms. The third kappa shape index (κ3) is 3.68. The van der Waals surface area contributed by atoms with Crippen LogP contribution in [-0.4, -0.2) is 29.7 Å². The van der Waals surface area contributed by atoms with E-state index in [1.807, 2.05) is 6.07 Å². The molecule has 2 aromatic rings. The van der Waals surface area contributed by atoms with Crippen molar-refractivity contribution in [2.75, 3.05) is 24.6 Å². The first-order chi connectivity index (χ1) is 10.3. The van der Waals surface area contributed by atoms with E-state index in [-0.39, 0.29) is 5.82 Å². The van der Waals surface area contributed by atoms with Crippen molar-refractivity contribution in [3.63, 3.8) is 0 Å². The maximum absolute atomic E-state index is 12.8. The van der Waals surface area contributed by atoms with Crippen LogP contribution < -0.4 is 9.64 Å². The molecule has 0 aliphatic carbocycles. The molecule has 2 heterocycles. The van der Waals surface area contributed by atoms with Gasteiger partial charge < -0.3 is 9.64 Å². The van der Waals surface area contributed by atoms with E-state index >= 15 is 0 Å². The van der Waals surface area contributed by atoms with Crippen LogP contribution in [0.2, 0.25) is 0 Å². The van der Waals surface area contributed by atoms with E-state index in [0.717, 1.165) is 37.5 Å². The monoisotopic (exact) mass is 287 g/mol. The van der Waals surface area contributed by atoms with Gasteiger partial charge in [-0.25, -0.2) is 14.4 Å². The van der Waals surface area contributed by atoms with Crippen molar-refractivity contribution in [1.82, 2.24) is 9.97 Å². The highest BCUT2D eigenvalue weighted by Crippen LogP contribution is 2.22. The standard InChI is InChI=1S/C16H18FN3O/c17-14-3-5-15(6-4-14)21-11-13-2-1-9-20(10-13)16-7-8-18-12-19-16/h3-8,12-13H,1-2,9-11H2/t13-/m0/s1. The van der Waals surface area contributed by atoms with Crippen molar-refractivity contribution in [3.05, 3.63) is 48.7 Å². The molecule has 1 fully saturated rings. The lowest BCUT2D eigenvalue weighted by Crippen LogP contribution is -2.38. The molecule has 0 spiro atoms. The Bertz CT molecular complexity index is 561. The minimum absolute atomic E-state index is 0.241. The lowest BCUT2D eigenvalue weighted by molar-refractivity contribution is 0.228. The molecule has 1 aromatic carbocycles. The van der Waals surface area contributed by atoms with Crippen LogP contribution in [0.5, 0.6) is 5.75 Å². The van der Waals surface area contributed by atoms with Gasteiger partial charge in [0, 0.05) is 25.2 Å². The molecule has 21 heavy (non-hydrogen) atoms. The zero-order valence-corrected chi connectivity index (χ0v) is 11.8. The highest BCUT2D eigenvalue weighted by atomic mass is 19.1. The van der Waals surface area contributed by atoms with Crippen molar-refractivity contribution in [2.45, 2.75) is 12.8 Å². The van der Waals surface area contributed by atoms with E-state index < -0.39 is 0 Å². The van der Waals surface area contributed by atoms with Crippen LogP contribution in [0.3, 0.4) is 0 Å². The summed E-state index contributed by atoms with van der Waals surface area (Å²) in [5.74, 6) is 1.90. The zero-order valence-electron chi connectivity index (χ0n) is 11.8. The lowest BCUT2D eigenvalue weighted by Gasteiger charge is -2.33. The summed E-state index contributed by atoms with van der Waals surface area (Å²) in [6.07, 6.45) is 5.61. The minimum Gasteiger partial charge on any atom is -0.493 e. The summed E-state index contributed by atoms with van der Waals surface area (Å²) in [6, 6.07) is 8.11. The Labute approximate surface area is 123 Å². The molecular formula is C16H18FN3O. The predicted octanol–water partition coefficient (Wildman–Crippen LogP) is 2.91. The first kappa shape index (κ1) is 13.8. The first-order valence-electron chi connectivity index (χ1n) is 7.20. The lowest BCUT2D eigenvalue weighted by atomic mass is 9.99. The second-order valence-electron chi connectivity index (χ2n) is 5.29. The summed E-state index contributed by atoms with van der Waals surface area (Å²) in [6.45, 7) is 2.59. The summed E-state index contributed by atoms with van der Waals surface area (Å²) in [4.78, 5) is 10.5. The van der Waals surface area contributed by atoms with Crippen LogP contribution >= 0.6 is 0 Å². The van der Waals surface area contributed by atoms with Crippen LogP contribution in [-0.2, 0) is 0 Å². The van der Waals surface area contributed by atoms with Gasteiger partial charge in [-0.3, -0.25) is 0 Å². The van der Waals surface area contributed by atoms with Crippen LogP contribution in [0, 0.1) is 11.7 Å². The Morgan fingerprint density at radius 3 is 2.86 bits per heavy atom. The molecule has 1 aliphatic rings. The predicted molar refractivity (Wildman–Crippen MR) is 78.9 cm³/mol. The molecule has 3 rings (SSSR count). The van der Waals surface area contributed by atoms with Gasteiger partial charge in [0.05, 0.1) is 6.61 Å². The van der Waals surface area contributed by atoms with E-state index in [0.29, 0.717) is 12.5 Å². The number of aromatic nitrogens is 2. The van der Waals surface area contributed by atoms with Crippen molar-refractivity contribution >= 4 is 5.82 Å². The second-order valence-corrected chi connectivity index (χ2v) is 5.29. The molecule has 0 unspecified atom stereocenters.